The molecule has 2 heterocycles. The summed E-state index contributed by atoms with van der Waals surface area (Å²) in [6, 6.07) is 0.205. The normalized spacial score (nSPS) is 22.1. The Hall–Kier alpha value is -1.07. The van der Waals surface area contributed by atoms with Gasteiger partial charge in [-0.15, -0.1) is 0 Å². The van der Waals surface area contributed by atoms with Gasteiger partial charge in [0.15, 0.2) is 0 Å². The van der Waals surface area contributed by atoms with Gasteiger partial charge in [0, 0.05) is 18.6 Å². The number of H-pyrrole nitrogens is 1. The van der Waals surface area contributed by atoms with E-state index in [-0.39, 0.29) is 16.6 Å². The predicted molar refractivity (Wildman–Crippen MR) is 66.5 cm³/mol. The zero-order chi connectivity index (χ0) is 12.3. The Kier molecular flexibility index (Phi) is 4.02. The smallest absolute Gasteiger partial charge is 0.285 e. The molecule has 1 saturated heterocycles. The minimum Gasteiger partial charge on any atom is -0.381 e. The van der Waals surface area contributed by atoms with Gasteiger partial charge in [-0.1, -0.05) is 11.6 Å². The second-order valence-electron chi connectivity index (χ2n) is 4.34. The van der Waals surface area contributed by atoms with Gasteiger partial charge in [-0.25, -0.2) is 5.10 Å². The Bertz CT molecular complexity index is 429. The Labute approximate surface area is 105 Å². The van der Waals surface area contributed by atoms with E-state index in [9.17, 15) is 4.79 Å². The largest absolute Gasteiger partial charge is 0.381 e. The molecule has 1 fully saturated rings. The fourth-order valence-corrected chi connectivity index (χ4v) is 2.15. The third-order valence-corrected chi connectivity index (χ3v) is 3.46. The molecule has 2 rings (SSSR count). The van der Waals surface area contributed by atoms with E-state index in [0.717, 1.165) is 26.1 Å². The second kappa shape index (κ2) is 5.51. The molecular formula is C11H16ClN3O2. The first-order valence-electron chi connectivity index (χ1n) is 5.76. The highest BCUT2D eigenvalue weighted by molar-refractivity contribution is 6.32. The quantitative estimate of drug-likeness (QED) is 0.864. The molecular weight excluding hydrogens is 242 g/mol. The van der Waals surface area contributed by atoms with Crippen LogP contribution in [0, 0.1) is 5.92 Å². The van der Waals surface area contributed by atoms with E-state index < -0.39 is 0 Å². The van der Waals surface area contributed by atoms with Gasteiger partial charge in [-0.3, -0.25) is 4.79 Å². The van der Waals surface area contributed by atoms with Crippen molar-refractivity contribution in [3.63, 3.8) is 0 Å². The van der Waals surface area contributed by atoms with Crippen molar-refractivity contribution in [3.05, 3.63) is 21.6 Å². The van der Waals surface area contributed by atoms with Gasteiger partial charge >= 0.3 is 0 Å². The van der Waals surface area contributed by atoms with E-state index in [0.29, 0.717) is 11.6 Å². The molecule has 5 nitrogen and oxygen atoms in total. The van der Waals surface area contributed by atoms with Gasteiger partial charge in [-0.2, -0.15) is 5.10 Å². The predicted octanol–water partition coefficient (Wildman–Crippen LogP) is 1.65. The zero-order valence-electron chi connectivity index (χ0n) is 9.70. The number of hydrogen-bond donors (Lipinski definition) is 2. The first kappa shape index (κ1) is 12.4. The number of halogens is 1. The third-order valence-electron chi connectivity index (χ3n) is 3.08. The topological polar surface area (TPSA) is 67.0 Å². The lowest BCUT2D eigenvalue weighted by molar-refractivity contribution is 0.0496. The number of hydrogen-bond acceptors (Lipinski definition) is 4. The number of ether oxygens (including phenoxy) is 1. The Morgan fingerprint density at radius 2 is 2.53 bits per heavy atom. The van der Waals surface area contributed by atoms with Crippen molar-refractivity contribution in [2.45, 2.75) is 25.8 Å². The van der Waals surface area contributed by atoms with Crippen molar-refractivity contribution in [1.82, 2.24) is 10.2 Å². The minimum absolute atomic E-state index is 0.156. The van der Waals surface area contributed by atoms with Crippen molar-refractivity contribution in [3.8, 4) is 0 Å². The summed E-state index contributed by atoms with van der Waals surface area (Å²) in [6.45, 7) is 3.66. The Balaban J connectivity index is 2.04. The molecule has 0 radical (unpaired) electrons. The van der Waals surface area contributed by atoms with Gasteiger partial charge in [0.05, 0.1) is 18.5 Å². The summed E-state index contributed by atoms with van der Waals surface area (Å²) in [7, 11) is 0. The van der Waals surface area contributed by atoms with Gasteiger partial charge in [0.2, 0.25) is 0 Å². The molecule has 0 aliphatic carbocycles. The summed E-state index contributed by atoms with van der Waals surface area (Å²) in [5.74, 6) is 0.444. The van der Waals surface area contributed by atoms with Crippen LogP contribution in [0.2, 0.25) is 5.02 Å². The number of anilines is 1. The Morgan fingerprint density at radius 3 is 3.24 bits per heavy atom. The average Bonchev–Trinajstić information content (AvgIpc) is 2.36. The number of nitrogens with one attached hydrogen (secondary N) is 2. The molecule has 1 aromatic heterocycles. The number of rotatable bonds is 3. The van der Waals surface area contributed by atoms with E-state index in [2.05, 4.69) is 22.4 Å². The first-order valence-corrected chi connectivity index (χ1v) is 6.13. The maximum Gasteiger partial charge on any atom is 0.285 e. The molecule has 2 atom stereocenters. The molecule has 0 saturated carbocycles. The summed E-state index contributed by atoms with van der Waals surface area (Å²) < 4.78 is 5.44. The van der Waals surface area contributed by atoms with Crippen LogP contribution in [0.15, 0.2) is 11.0 Å². The van der Waals surface area contributed by atoms with Gasteiger partial charge in [-0.05, 0) is 19.8 Å². The molecule has 0 unspecified atom stereocenters. The molecule has 94 valence electrons. The van der Waals surface area contributed by atoms with E-state index in [1.807, 2.05) is 0 Å². The lowest BCUT2D eigenvalue weighted by Crippen LogP contribution is -2.33. The molecule has 0 spiro atoms. The molecule has 17 heavy (non-hydrogen) atoms. The first-order chi connectivity index (χ1) is 8.18. The summed E-state index contributed by atoms with van der Waals surface area (Å²) in [5, 5.41) is 9.40. The van der Waals surface area contributed by atoms with Crippen LogP contribution >= 0.6 is 11.6 Å². The van der Waals surface area contributed by atoms with Crippen LogP contribution in [0.3, 0.4) is 0 Å². The van der Waals surface area contributed by atoms with Crippen LogP contribution in [-0.4, -0.2) is 29.5 Å². The van der Waals surface area contributed by atoms with Gasteiger partial charge in [0.25, 0.3) is 5.56 Å². The highest BCUT2D eigenvalue weighted by Crippen LogP contribution is 2.22. The van der Waals surface area contributed by atoms with E-state index in [1.54, 1.807) is 0 Å². The number of nitrogens with zero attached hydrogens (tertiary/aromatic N) is 1. The SMILES string of the molecule is C[C@@H](Nc1cn[nH]c(=O)c1Cl)[C@@H]1CCCOC1. The Morgan fingerprint density at radius 1 is 1.71 bits per heavy atom. The zero-order valence-corrected chi connectivity index (χ0v) is 10.5. The fraction of sp³-hybridized carbons (Fsp3) is 0.636. The maximum atomic E-state index is 11.3. The van der Waals surface area contributed by atoms with E-state index in [1.165, 1.54) is 6.20 Å². The van der Waals surface area contributed by atoms with Crippen molar-refractivity contribution < 1.29 is 4.74 Å². The molecule has 2 N–H and O–H groups in total. The molecule has 0 amide bonds. The second-order valence-corrected chi connectivity index (χ2v) is 4.71. The lowest BCUT2D eigenvalue weighted by Gasteiger charge is -2.29. The third kappa shape index (κ3) is 2.98. The fourth-order valence-electron chi connectivity index (χ4n) is 2.01. The molecule has 1 aliphatic heterocycles. The summed E-state index contributed by atoms with van der Waals surface area (Å²) >= 11 is 5.90. The van der Waals surface area contributed by atoms with Crippen LogP contribution in [0.4, 0.5) is 5.69 Å². The van der Waals surface area contributed by atoms with Crippen LogP contribution < -0.4 is 10.9 Å². The summed E-state index contributed by atoms with van der Waals surface area (Å²) in [6.07, 6.45) is 3.74. The lowest BCUT2D eigenvalue weighted by atomic mass is 9.95. The highest BCUT2D eigenvalue weighted by Gasteiger charge is 2.21. The van der Waals surface area contributed by atoms with Crippen LogP contribution in [0.25, 0.3) is 0 Å². The summed E-state index contributed by atoms with van der Waals surface area (Å²) in [5.41, 5.74) is 0.206. The van der Waals surface area contributed by atoms with Gasteiger partial charge < -0.3 is 10.1 Å². The van der Waals surface area contributed by atoms with E-state index in [4.69, 9.17) is 16.3 Å². The van der Waals surface area contributed by atoms with Crippen molar-refractivity contribution in [2.75, 3.05) is 18.5 Å². The highest BCUT2D eigenvalue weighted by atomic mass is 35.5. The standard InChI is InChI=1S/C11H16ClN3O2/c1-7(8-3-2-4-17-6-8)14-9-5-13-15-11(16)10(9)12/h5,7-8H,2-4,6H2,1H3,(H2,14,15,16)/t7-,8-/m1/s1. The minimum atomic E-state index is -0.372. The molecule has 0 bridgehead atoms. The van der Waals surface area contributed by atoms with Crippen LogP contribution in [0.1, 0.15) is 19.8 Å². The summed E-state index contributed by atoms with van der Waals surface area (Å²) in [4.78, 5) is 11.3. The molecule has 6 heteroatoms. The van der Waals surface area contributed by atoms with Gasteiger partial charge in [0.1, 0.15) is 5.02 Å². The molecule has 0 aromatic carbocycles. The van der Waals surface area contributed by atoms with Crippen molar-refractivity contribution >= 4 is 17.3 Å². The molecule has 1 aliphatic rings. The number of aromatic nitrogens is 2. The van der Waals surface area contributed by atoms with Crippen LogP contribution in [0.5, 0.6) is 0 Å². The number of aromatic amines is 1. The van der Waals surface area contributed by atoms with E-state index >= 15 is 0 Å². The molecule has 1 aromatic rings. The van der Waals surface area contributed by atoms with Crippen molar-refractivity contribution in [2.24, 2.45) is 5.92 Å². The average molecular weight is 258 g/mol. The van der Waals surface area contributed by atoms with Crippen LogP contribution in [-0.2, 0) is 4.74 Å². The monoisotopic (exact) mass is 257 g/mol. The van der Waals surface area contributed by atoms with Crippen molar-refractivity contribution in [1.29, 1.82) is 0 Å². The maximum absolute atomic E-state index is 11.3.